The first-order chi connectivity index (χ1) is 44.9. The summed E-state index contributed by atoms with van der Waals surface area (Å²) in [5.41, 5.74) is 44.6. The van der Waals surface area contributed by atoms with Gasteiger partial charge in [0.2, 0.25) is 0 Å². The van der Waals surface area contributed by atoms with Crippen LogP contribution in [0.1, 0.15) is 51.4 Å². The first-order valence-corrected chi connectivity index (χ1v) is 30.7. The number of anilines is 6. The highest BCUT2D eigenvalue weighted by Crippen LogP contribution is 2.42. The lowest BCUT2D eigenvalue weighted by molar-refractivity contribution is -0.698. The lowest BCUT2D eigenvalue weighted by atomic mass is 10.1. The minimum Gasteiger partial charge on any atom is -0.506 e. The molecule has 0 saturated carbocycles. The maximum Gasteiger partial charge on any atom is 0.171 e. The molecule has 4 aromatic heterocycles. The number of aryl methyl sites for hydroxylation is 4. The van der Waals surface area contributed by atoms with Crippen LogP contribution in [-0.2, 0) is 26.2 Å². The molecule has 8 aromatic carbocycles. The number of nitrogens with two attached hydrogens (primary N) is 6. The van der Waals surface area contributed by atoms with Crippen LogP contribution in [0.2, 0.25) is 0 Å². The van der Waals surface area contributed by atoms with Crippen LogP contribution in [0.5, 0.6) is 11.5 Å². The van der Waals surface area contributed by atoms with Gasteiger partial charge < -0.3 is 44.6 Å². The number of phenolic OH excluding ortho intramolecular Hbond substituents is 2. The van der Waals surface area contributed by atoms with Gasteiger partial charge in [0.1, 0.15) is 60.4 Å². The molecular weight excluding hydrogens is 1150 g/mol. The topological polar surface area (TPSA) is 311 Å². The van der Waals surface area contributed by atoms with E-state index in [2.05, 4.69) is 59.2 Å². The Labute approximate surface area is 532 Å². The maximum absolute atomic E-state index is 10.2. The highest BCUT2D eigenvalue weighted by atomic mass is 16.3. The van der Waals surface area contributed by atoms with Crippen molar-refractivity contribution in [2.24, 2.45) is 40.9 Å². The molecule has 0 amide bonds. The van der Waals surface area contributed by atoms with E-state index in [4.69, 9.17) is 34.4 Å². The first kappa shape index (κ1) is 61.8. The molecule has 0 unspecified atom stereocenters. The number of hydrogen-bond donors (Lipinski definition) is 8. The molecule has 0 bridgehead atoms. The number of rotatable bonds is 22. The zero-order valence-electron chi connectivity index (χ0n) is 51.0. The standard InChI is InChI=1S/C36H36N10.C36H34N8O2/c37-31-23-33(27-9-3-5-11-29(27)35(31)39)43-41-25-13-19-45(20-14-25)17-7-1-2-8-18-46-21-15-26(16-22-46)42-44-34-24-32(38)36(40)30-12-6-4-10-28(30)34;37-33-31(45)23-25-9-3-5-11-29(25)35(33)41-39-27-13-19-43(20-14-27)17-7-1-2-8-18-44-21-15-28(16-22-44)40-42-36-30-12-6-4-10-26(30)24-32(46)34(36)38/h3-6,9-16,19-24,39-40H,1-2,7-8,17-18H2,(H4,37,38,43,44);3-6,9-16,19-24,37-38H,1-2,7-8,17-18H2,(H2,41,42,45,46)/p+4. The monoisotopic (exact) mass is 1220 g/mol. The summed E-state index contributed by atoms with van der Waals surface area (Å²) >= 11 is 0. The molecule has 0 fully saturated rings. The molecule has 0 spiro atoms. The van der Waals surface area contributed by atoms with Crippen LogP contribution in [-0.4, -0.2) is 10.2 Å². The van der Waals surface area contributed by atoms with Crippen molar-refractivity contribution in [2.75, 3.05) is 34.4 Å². The fourth-order valence-corrected chi connectivity index (χ4v) is 10.8. The highest BCUT2D eigenvalue weighted by molar-refractivity contribution is 6.06. The van der Waals surface area contributed by atoms with Crippen molar-refractivity contribution < 1.29 is 28.5 Å². The van der Waals surface area contributed by atoms with E-state index in [1.165, 1.54) is 0 Å². The average Bonchev–Trinajstić information content (AvgIpc) is 1.51. The normalized spacial score (nSPS) is 11.7. The van der Waals surface area contributed by atoms with Crippen LogP contribution in [0.15, 0.2) is 260 Å². The van der Waals surface area contributed by atoms with Crippen molar-refractivity contribution in [1.82, 2.24) is 0 Å². The minimum atomic E-state index is 0.000277. The number of nitrogen functional groups attached to an aromatic ring is 6. The van der Waals surface area contributed by atoms with Gasteiger partial charge in [-0.25, -0.2) is 18.3 Å². The second-order valence-corrected chi connectivity index (χ2v) is 22.5. The number of phenols is 2. The van der Waals surface area contributed by atoms with Crippen LogP contribution in [0.25, 0.3) is 43.1 Å². The van der Waals surface area contributed by atoms with E-state index in [0.29, 0.717) is 56.9 Å². The van der Waals surface area contributed by atoms with Gasteiger partial charge in [-0.1, -0.05) is 97.1 Å². The predicted molar refractivity (Wildman–Crippen MR) is 366 cm³/mol. The lowest BCUT2D eigenvalue weighted by Gasteiger charge is -2.07. The Morgan fingerprint density at radius 1 is 0.272 bits per heavy atom. The van der Waals surface area contributed by atoms with Crippen molar-refractivity contribution in [3.05, 3.63) is 219 Å². The number of unbranched alkanes of at least 4 members (excludes halogenated alkanes) is 6. The fraction of sp³-hybridized carbons (Fsp3) is 0.167. The number of fused-ring (bicyclic) bond motifs is 4. The van der Waals surface area contributed by atoms with Crippen LogP contribution < -0.4 is 52.7 Å². The van der Waals surface area contributed by atoms with Gasteiger partial charge >= 0.3 is 0 Å². The van der Waals surface area contributed by atoms with Gasteiger partial charge in [-0.05, 0) is 60.7 Å². The molecule has 0 aliphatic rings. The third kappa shape index (κ3) is 15.4. The number of pyridine rings is 4. The number of benzene rings is 8. The summed E-state index contributed by atoms with van der Waals surface area (Å²) in [6.45, 7) is 3.76. The Kier molecular flexibility index (Phi) is 19.8. The second kappa shape index (κ2) is 29.5. The van der Waals surface area contributed by atoms with E-state index in [1.807, 2.05) is 195 Å². The van der Waals surface area contributed by atoms with Crippen LogP contribution in [0.4, 0.5) is 79.6 Å². The van der Waals surface area contributed by atoms with Crippen molar-refractivity contribution in [3.63, 3.8) is 0 Å². The molecular formula is C72H74N18O2+4. The van der Waals surface area contributed by atoms with Crippen LogP contribution >= 0.6 is 0 Å². The summed E-state index contributed by atoms with van der Waals surface area (Å²) in [5, 5.41) is 62.6. The molecule has 4 heterocycles. The molecule has 14 N–H and O–H groups in total. The lowest BCUT2D eigenvalue weighted by Crippen LogP contribution is -2.33. The Hall–Kier alpha value is -11.8. The zero-order chi connectivity index (χ0) is 63.8. The molecule has 0 saturated heterocycles. The van der Waals surface area contributed by atoms with E-state index in [9.17, 15) is 10.2 Å². The fourth-order valence-electron chi connectivity index (χ4n) is 10.8. The van der Waals surface area contributed by atoms with Crippen LogP contribution in [0.3, 0.4) is 0 Å². The molecule has 12 aromatic rings. The Morgan fingerprint density at radius 2 is 0.543 bits per heavy atom. The van der Waals surface area contributed by atoms with E-state index in [1.54, 1.807) is 24.3 Å². The second-order valence-electron chi connectivity index (χ2n) is 22.5. The molecule has 20 heteroatoms. The maximum atomic E-state index is 10.2. The molecule has 460 valence electrons. The van der Waals surface area contributed by atoms with E-state index in [0.717, 1.165) is 132 Å². The number of nitrogens with zero attached hydrogens (tertiary/aromatic N) is 12. The highest BCUT2D eigenvalue weighted by Gasteiger charge is 2.15. The summed E-state index contributed by atoms with van der Waals surface area (Å²) < 4.78 is 8.65. The smallest absolute Gasteiger partial charge is 0.171 e. The summed E-state index contributed by atoms with van der Waals surface area (Å²) in [6.07, 6.45) is 25.1. The van der Waals surface area contributed by atoms with Gasteiger partial charge in [0.05, 0.1) is 56.9 Å². The van der Waals surface area contributed by atoms with Crippen molar-refractivity contribution in [3.8, 4) is 11.5 Å². The summed E-state index contributed by atoms with van der Waals surface area (Å²) in [5.74, 6) is 0.000554. The zero-order valence-corrected chi connectivity index (χ0v) is 51.0. The quantitative estimate of drug-likeness (QED) is 0.0106. The predicted octanol–water partition coefficient (Wildman–Crippen LogP) is 16.2. The van der Waals surface area contributed by atoms with E-state index < -0.39 is 0 Å². The average molecular weight is 1220 g/mol. The Bertz CT molecular complexity index is 4380. The third-order valence-electron chi connectivity index (χ3n) is 16.0. The summed E-state index contributed by atoms with van der Waals surface area (Å²) in [6, 6.07) is 53.3. The van der Waals surface area contributed by atoms with Gasteiger partial charge in [-0.3, -0.25) is 0 Å². The first-order valence-electron chi connectivity index (χ1n) is 30.7. The number of azo groups is 4. The Morgan fingerprint density at radius 3 is 0.859 bits per heavy atom. The Balaban J connectivity index is 0.000000188. The van der Waals surface area contributed by atoms with E-state index in [-0.39, 0.29) is 22.9 Å². The molecule has 92 heavy (non-hydrogen) atoms. The van der Waals surface area contributed by atoms with Gasteiger partial charge in [-0.2, -0.15) is 20.5 Å². The van der Waals surface area contributed by atoms with Gasteiger partial charge in [-0.15, -0.1) is 20.5 Å². The van der Waals surface area contributed by atoms with Crippen molar-refractivity contribution in [1.29, 1.82) is 0 Å². The van der Waals surface area contributed by atoms with Crippen LogP contribution in [0, 0.1) is 0 Å². The molecule has 0 atom stereocenters. The van der Waals surface area contributed by atoms with E-state index >= 15 is 0 Å². The minimum absolute atomic E-state index is 0.000277. The number of aromatic nitrogens is 4. The van der Waals surface area contributed by atoms with Gasteiger partial charge in [0.15, 0.2) is 49.6 Å². The molecule has 20 nitrogen and oxygen atoms in total. The number of aromatic hydroxyl groups is 2. The largest absolute Gasteiger partial charge is 0.506 e. The van der Waals surface area contributed by atoms with Crippen molar-refractivity contribution >= 4 is 123 Å². The molecule has 0 radical (unpaired) electrons. The van der Waals surface area contributed by atoms with Crippen molar-refractivity contribution in [2.45, 2.75) is 77.5 Å². The van der Waals surface area contributed by atoms with Gasteiger partial charge in [0, 0.05) is 107 Å². The van der Waals surface area contributed by atoms with Gasteiger partial charge in [0.25, 0.3) is 0 Å². The molecule has 12 rings (SSSR count). The molecule has 0 aliphatic heterocycles. The number of hydrogen-bond acceptors (Lipinski definition) is 16. The molecule has 0 aliphatic carbocycles. The third-order valence-corrected chi connectivity index (χ3v) is 16.0. The summed E-state index contributed by atoms with van der Waals surface area (Å²) in [7, 11) is 0. The SMILES string of the molecule is Nc1c(O)cc2ccccc2c1N=Nc1cc[n+](CCCCCC[n+]2ccc(N=Nc3c(N)c(O)cc4ccccc34)cc2)cc1.Nc1cc(N=Nc2cc[n+](CCCCCC[n+]3ccc(N=Nc4cc(N)c(N)c5ccccc45)cc3)cc2)c2ccccc2c1N. The summed E-state index contributed by atoms with van der Waals surface area (Å²) in [4.78, 5) is 0.